The van der Waals surface area contributed by atoms with Crippen LogP contribution in [0.25, 0.3) is 0 Å². The first-order valence-corrected chi connectivity index (χ1v) is 6.38. The van der Waals surface area contributed by atoms with E-state index >= 15 is 0 Å². The molecule has 0 atom stereocenters. The number of carbonyl (C=O) groups excluding carboxylic acids is 1. The van der Waals surface area contributed by atoms with Crippen molar-refractivity contribution in [2.45, 2.75) is 6.92 Å². The first kappa shape index (κ1) is 14.1. The Hall–Kier alpha value is -2.31. The van der Waals surface area contributed by atoms with Gasteiger partial charge in [-0.1, -0.05) is 0 Å². The van der Waals surface area contributed by atoms with E-state index in [2.05, 4.69) is 4.98 Å². The van der Waals surface area contributed by atoms with E-state index in [-0.39, 0.29) is 12.4 Å². The van der Waals surface area contributed by atoms with E-state index in [9.17, 15) is 9.59 Å². The number of anilines is 1. The predicted molar refractivity (Wildman–Crippen MR) is 72.2 cm³/mol. The van der Waals surface area contributed by atoms with Crippen LogP contribution in [0.2, 0.25) is 0 Å². The Bertz CT molecular complexity index is 498. The fraction of sp³-hybridized carbons (Fsp3) is 0.462. The molecule has 0 aromatic carbocycles. The maximum atomic E-state index is 11.0. The van der Waals surface area contributed by atoms with E-state index in [1.54, 1.807) is 12.3 Å². The number of piperazine rings is 1. The van der Waals surface area contributed by atoms with Crippen LogP contribution in [0.15, 0.2) is 18.3 Å². The molecule has 1 aliphatic rings. The molecule has 0 unspecified atom stereocenters. The SMILES string of the molecule is CC(=O)COc1ncccc1N1CCN(C(=O)O)CC1. The van der Waals surface area contributed by atoms with Gasteiger partial charge in [-0.3, -0.25) is 4.79 Å². The molecule has 1 amide bonds. The van der Waals surface area contributed by atoms with Crippen LogP contribution >= 0.6 is 0 Å². The second-order valence-electron chi connectivity index (χ2n) is 4.58. The molecule has 20 heavy (non-hydrogen) atoms. The molecule has 1 aromatic rings. The molecule has 1 aromatic heterocycles. The second kappa shape index (κ2) is 6.23. The van der Waals surface area contributed by atoms with Gasteiger partial charge < -0.3 is 19.6 Å². The molecule has 1 fully saturated rings. The fourth-order valence-corrected chi connectivity index (χ4v) is 2.04. The largest absolute Gasteiger partial charge is 0.468 e. The van der Waals surface area contributed by atoms with Crippen molar-refractivity contribution in [1.29, 1.82) is 0 Å². The van der Waals surface area contributed by atoms with Crippen molar-refractivity contribution in [2.24, 2.45) is 0 Å². The molecule has 0 aliphatic carbocycles. The van der Waals surface area contributed by atoms with Gasteiger partial charge in [-0.2, -0.15) is 0 Å². The molecular formula is C13H17N3O4. The van der Waals surface area contributed by atoms with Crippen LogP contribution in [0.1, 0.15) is 6.92 Å². The Morgan fingerprint density at radius 2 is 2.05 bits per heavy atom. The number of hydrogen-bond acceptors (Lipinski definition) is 5. The van der Waals surface area contributed by atoms with Gasteiger partial charge in [0.25, 0.3) is 0 Å². The molecule has 1 aliphatic heterocycles. The van der Waals surface area contributed by atoms with E-state index in [1.165, 1.54) is 11.8 Å². The van der Waals surface area contributed by atoms with Crippen LogP contribution in [0, 0.1) is 0 Å². The molecule has 108 valence electrons. The van der Waals surface area contributed by atoms with E-state index < -0.39 is 6.09 Å². The lowest BCUT2D eigenvalue weighted by atomic mass is 10.3. The lowest BCUT2D eigenvalue weighted by Gasteiger charge is -2.34. The Labute approximate surface area is 116 Å². The normalized spacial score (nSPS) is 15.1. The maximum absolute atomic E-state index is 11.0. The number of carboxylic acid groups (broad SMARTS) is 1. The minimum atomic E-state index is -0.899. The molecule has 7 nitrogen and oxygen atoms in total. The fourth-order valence-electron chi connectivity index (χ4n) is 2.04. The van der Waals surface area contributed by atoms with Crippen LogP contribution in [0.4, 0.5) is 10.5 Å². The lowest BCUT2D eigenvalue weighted by Crippen LogP contribution is -2.48. The summed E-state index contributed by atoms with van der Waals surface area (Å²) in [7, 11) is 0. The zero-order valence-corrected chi connectivity index (χ0v) is 11.3. The van der Waals surface area contributed by atoms with Crippen molar-refractivity contribution < 1.29 is 19.4 Å². The highest BCUT2D eigenvalue weighted by Gasteiger charge is 2.22. The van der Waals surface area contributed by atoms with E-state index in [4.69, 9.17) is 9.84 Å². The number of aromatic nitrogens is 1. The maximum Gasteiger partial charge on any atom is 0.407 e. The van der Waals surface area contributed by atoms with Crippen molar-refractivity contribution in [3.63, 3.8) is 0 Å². The minimum absolute atomic E-state index is 0.0148. The van der Waals surface area contributed by atoms with Gasteiger partial charge in [-0.25, -0.2) is 9.78 Å². The van der Waals surface area contributed by atoms with Gasteiger partial charge in [0.05, 0.1) is 0 Å². The molecule has 0 spiro atoms. The summed E-state index contributed by atoms with van der Waals surface area (Å²) in [5, 5.41) is 8.93. The van der Waals surface area contributed by atoms with Gasteiger partial charge in [0, 0.05) is 32.4 Å². The van der Waals surface area contributed by atoms with Crippen molar-refractivity contribution >= 4 is 17.6 Å². The average molecular weight is 279 g/mol. The highest BCUT2D eigenvalue weighted by molar-refractivity contribution is 5.77. The van der Waals surface area contributed by atoms with Crippen molar-refractivity contribution in [1.82, 2.24) is 9.88 Å². The van der Waals surface area contributed by atoms with Crippen LogP contribution < -0.4 is 9.64 Å². The zero-order valence-electron chi connectivity index (χ0n) is 11.3. The predicted octanol–water partition coefficient (Wildman–Crippen LogP) is 0.849. The number of rotatable bonds is 4. The topological polar surface area (TPSA) is 83.0 Å². The molecule has 2 heterocycles. The van der Waals surface area contributed by atoms with Gasteiger partial charge in [0.15, 0.2) is 5.78 Å². The van der Waals surface area contributed by atoms with Gasteiger partial charge >= 0.3 is 6.09 Å². The Morgan fingerprint density at radius 1 is 1.35 bits per heavy atom. The van der Waals surface area contributed by atoms with E-state index in [0.29, 0.717) is 32.1 Å². The summed E-state index contributed by atoms with van der Waals surface area (Å²) in [6.45, 7) is 3.48. The van der Waals surface area contributed by atoms with Gasteiger partial charge in [-0.15, -0.1) is 0 Å². The number of ether oxygens (including phenoxy) is 1. The zero-order chi connectivity index (χ0) is 14.5. The molecule has 0 saturated carbocycles. The molecule has 0 bridgehead atoms. The Morgan fingerprint density at radius 3 is 2.65 bits per heavy atom. The van der Waals surface area contributed by atoms with Crippen LogP contribution in [-0.2, 0) is 4.79 Å². The number of amides is 1. The quantitative estimate of drug-likeness (QED) is 0.879. The molecule has 1 saturated heterocycles. The molecule has 7 heteroatoms. The van der Waals surface area contributed by atoms with Crippen LogP contribution in [-0.4, -0.2) is 59.7 Å². The number of carbonyl (C=O) groups is 2. The second-order valence-corrected chi connectivity index (χ2v) is 4.58. The van der Waals surface area contributed by atoms with Crippen molar-refractivity contribution in [2.75, 3.05) is 37.7 Å². The van der Waals surface area contributed by atoms with Gasteiger partial charge in [0.2, 0.25) is 5.88 Å². The van der Waals surface area contributed by atoms with Crippen LogP contribution in [0.5, 0.6) is 5.88 Å². The average Bonchev–Trinajstić information content (AvgIpc) is 2.45. The van der Waals surface area contributed by atoms with Gasteiger partial charge in [-0.05, 0) is 19.1 Å². The lowest BCUT2D eigenvalue weighted by molar-refractivity contribution is -0.118. The number of Topliss-reactive ketones (excluding diaryl/α,β-unsaturated/α-hetero) is 1. The standard InChI is InChI=1S/C13H17N3O4/c1-10(17)9-20-12-11(3-2-4-14-12)15-5-7-16(8-6-15)13(18)19/h2-4H,5-9H2,1H3,(H,18,19). The molecule has 1 N–H and O–H groups in total. The monoisotopic (exact) mass is 279 g/mol. The highest BCUT2D eigenvalue weighted by atomic mass is 16.5. The van der Waals surface area contributed by atoms with Gasteiger partial charge in [0.1, 0.15) is 12.3 Å². The number of nitrogens with zero attached hydrogens (tertiary/aromatic N) is 3. The molecule has 0 radical (unpaired) electrons. The first-order chi connectivity index (χ1) is 9.58. The summed E-state index contributed by atoms with van der Waals surface area (Å²) in [6, 6.07) is 3.65. The summed E-state index contributed by atoms with van der Waals surface area (Å²) < 4.78 is 5.39. The number of ketones is 1. The third-order valence-electron chi connectivity index (χ3n) is 3.05. The van der Waals surface area contributed by atoms with E-state index in [1.807, 2.05) is 11.0 Å². The number of hydrogen-bond donors (Lipinski definition) is 1. The summed E-state index contributed by atoms with van der Waals surface area (Å²) in [5.74, 6) is 0.337. The number of pyridine rings is 1. The third-order valence-corrected chi connectivity index (χ3v) is 3.05. The summed E-state index contributed by atoms with van der Waals surface area (Å²) in [4.78, 5) is 29.4. The molecule has 2 rings (SSSR count). The van der Waals surface area contributed by atoms with Crippen molar-refractivity contribution in [3.05, 3.63) is 18.3 Å². The Balaban J connectivity index is 2.05. The smallest absolute Gasteiger partial charge is 0.407 e. The first-order valence-electron chi connectivity index (χ1n) is 6.38. The molecular weight excluding hydrogens is 262 g/mol. The minimum Gasteiger partial charge on any atom is -0.468 e. The highest BCUT2D eigenvalue weighted by Crippen LogP contribution is 2.26. The van der Waals surface area contributed by atoms with E-state index in [0.717, 1.165) is 5.69 Å². The summed E-state index contributed by atoms with van der Waals surface area (Å²) in [6.07, 6.45) is 0.704. The third kappa shape index (κ3) is 3.37. The van der Waals surface area contributed by atoms with Crippen LogP contribution in [0.3, 0.4) is 0 Å². The summed E-state index contributed by atoms with van der Waals surface area (Å²) >= 11 is 0. The summed E-state index contributed by atoms with van der Waals surface area (Å²) in [5.41, 5.74) is 0.791. The Kier molecular flexibility index (Phi) is 4.39. The van der Waals surface area contributed by atoms with Crippen molar-refractivity contribution in [3.8, 4) is 5.88 Å².